The van der Waals surface area contributed by atoms with Crippen LogP contribution in [0.1, 0.15) is 27.3 Å². The van der Waals surface area contributed by atoms with Crippen molar-refractivity contribution in [2.24, 2.45) is 5.92 Å². The number of hydrogen-bond donors (Lipinski definition) is 1. The zero-order valence-corrected chi connectivity index (χ0v) is 13.8. The Bertz CT molecular complexity index is 690. The first kappa shape index (κ1) is 16.0. The van der Waals surface area contributed by atoms with Crippen molar-refractivity contribution in [3.8, 4) is 0 Å². The third kappa shape index (κ3) is 3.92. The highest BCUT2D eigenvalue weighted by Crippen LogP contribution is 2.19. The lowest BCUT2D eigenvalue weighted by atomic mass is 10.1. The SMILES string of the molecule is Cc1nnsc1C(=O)NC[C@H]1CCN(Cc2ccccc2F)C1. The van der Waals surface area contributed by atoms with Crippen LogP contribution >= 0.6 is 11.5 Å². The van der Waals surface area contributed by atoms with Crippen molar-refractivity contribution in [3.05, 3.63) is 46.2 Å². The van der Waals surface area contributed by atoms with E-state index in [0.29, 0.717) is 29.6 Å². The van der Waals surface area contributed by atoms with Gasteiger partial charge in [-0.1, -0.05) is 22.7 Å². The second-order valence-corrected chi connectivity index (χ2v) is 6.63. The second-order valence-electron chi connectivity index (χ2n) is 5.88. The average molecular weight is 334 g/mol. The molecule has 0 spiro atoms. The van der Waals surface area contributed by atoms with Gasteiger partial charge in [-0.2, -0.15) is 0 Å². The van der Waals surface area contributed by atoms with Crippen LogP contribution in [0.25, 0.3) is 0 Å². The van der Waals surface area contributed by atoms with Crippen LogP contribution in [0.15, 0.2) is 24.3 Å². The lowest BCUT2D eigenvalue weighted by Gasteiger charge is -2.16. The number of carbonyl (C=O) groups is 1. The molecule has 1 aliphatic rings. The summed E-state index contributed by atoms with van der Waals surface area (Å²) in [6.07, 6.45) is 1.01. The monoisotopic (exact) mass is 334 g/mol. The molecule has 1 aromatic heterocycles. The van der Waals surface area contributed by atoms with Gasteiger partial charge in [-0.25, -0.2) is 4.39 Å². The molecule has 3 rings (SSSR count). The van der Waals surface area contributed by atoms with Crippen LogP contribution in [0.2, 0.25) is 0 Å². The predicted molar refractivity (Wildman–Crippen MR) is 86.8 cm³/mol. The van der Waals surface area contributed by atoms with Gasteiger partial charge in [0.2, 0.25) is 0 Å². The minimum absolute atomic E-state index is 0.106. The van der Waals surface area contributed by atoms with E-state index in [1.54, 1.807) is 13.0 Å². The van der Waals surface area contributed by atoms with Crippen molar-refractivity contribution in [3.63, 3.8) is 0 Å². The number of nitrogens with zero attached hydrogens (tertiary/aromatic N) is 3. The van der Waals surface area contributed by atoms with E-state index in [1.807, 2.05) is 12.1 Å². The lowest BCUT2D eigenvalue weighted by molar-refractivity contribution is 0.0950. The number of rotatable bonds is 5. The van der Waals surface area contributed by atoms with Crippen LogP contribution < -0.4 is 5.32 Å². The standard InChI is InChI=1S/C16H19FN4OS/c1-11-15(23-20-19-11)16(22)18-8-12-6-7-21(9-12)10-13-4-2-3-5-14(13)17/h2-5,12H,6-10H2,1H3,(H,18,22)/t12-/m1/s1. The van der Waals surface area contributed by atoms with Crippen molar-refractivity contribution < 1.29 is 9.18 Å². The van der Waals surface area contributed by atoms with Crippen molar-refractivity contribution >= 4 is 17.4 Å². The van der Waals surface area contributed by atoms with Gasteiger partial charge in [0.15, 0.2) is 0 Å². The summed E-state index contributed by atoms with van der Waals surface area (Å²) in [5, 5.41) is 6.80. The number of benzene rings is 1. The van der Waals surface area contributed by atoms with Gasteiger partial charge in [0.1, 0.15) is 10.7 Å². The quantitative estimate of drug-likeness (QED) is 0.911. The molecule has 0 saturated carbocycles. The molecular weight excluding hydrogens is 315 g/mol. The second kappa shape index (κ2) is 7.14. The highest BCUT2D eigenvalue weighted by molar-refractivity contribution is 7.07. The number of carbonyl (C=O) groups excluding carboxylic acids is 1. The van der Waals surface area contributed by atoms with Crippen molar-refractivity contribution in [1.29, 1.82) is 0 Å². The Morgan fingerprint density at radius 1 is 1.48 bits per heavy atom. The number of likely N-dealkylation sites (tertiary alicyclic amines) is 1. The molecule has 0 aliphatic carbocycles. The molecule has 1 aliphatic heterocycles. The van der Waals surface area contributed by atoms with Gasteiger partial charge in [-0.15, -0.1) is 5.10 Å². The Labute approximate surface area is 138 Å². The predicted octanol–water partition coefficient (Wildman–Crippen LogP) is 2.24. The fourth-order valence-electron chi connectivity index (χ4n) is 2.85. The first-order chi connectivity index (χ1) is 11.1. The summed E-state index contributed by atoms with van der Waals surface area (Å²) in [7, 11) is 0. The average Bonchev–Trinajstić information content (AvgIpc) is 3.16. The van der Waals surface area contributed by atoms with Gasteiger partial charge in [-0.3, -0.25) is 9.69 Å². The number of halogens is 1. The van der Waals surface area contributed by atoms with Gasteiger partial charge < -0.3 is 5.32 Å². The zero-order valence-electron chi connectivity index (χ0n) is 13.0. The molecule has 1 aromatic carbocycles. The Morgan fingerprint density at radius 3 is 3.04 bits per heavy atom. The van der Waals surface area contributed by atoms with Crippen LogP contribution in [0.4, 0.5) is 4.39 Å². The smallest absolute Gasteiger partial charge is 0.264 e. The molecule has 2 heterocycles. The molecule has 7 heteroatoms. The number of aryl methyl sites for hydroxylation is 1. The minimum atomic E-state index is -0.155. The van der Waals surface area contributed by atoms with Gasteiger partial charge >= 0.3 is 0 Å². The van der Waals surface area contributed by atoms with Crippen molar-refractivity contribution in [1.82, 2.24) is 19.8 Å². The molecule has 0 radical (unpaired) electrons. The van der Waals surface area contributed by atoms with Gasteiger partial charge in [0.25, 0.3) is 5.91 Å². The summed E-state index contributed by atoms with van der Waals surface area (Å²) >= 11 is 1.12. The highest BCUT2D eigenvalue weighted by Gasteiger charge is 2.24. The highest BCUT2D eigenvalue weighted by atomic mass is 32.1. The third-order valence-electron chi connectivity index (χ3n) is 4.13. The Morgan fingerprint density at radius 2 is 2.30 bits per heavy atom. The summed E-state index contributed by atoms with van der Waals surface area (Å²) in [4.78, 5) is 14.9. The van der Waals surface area contributed by atoms with E-state index in [-0.39, 0.29) is 11.7 Å². The van der Waals surface area contributed by atoms with Crippen molar-refractivity contribution in [2.45, 2.75) is 19.9 Å². The summed E-state index contributed by atoms with van der Waals surface area (Å²) in [5.41, 5.74) is 1.39. The molecule has 23 heavy (non-hydrogen) atoms. The van der Waals surface area contributed by atoms with E-state index in [9.17, 15) is 9.18 Å². The Hall–Kier alpha value is -1.86. The van der Waals surface area contributed by atoms with Crippen LogP contribution in [-0.4, -0.2) is 40.0 Å². The van der Waals surface area contributed by atoms with E-state index >= 15 is 0 Å². The minimum Gasteiger partial charge on any atom is -0.351 e. The molecule has 122 valence electrons. The fourth-order valence-corrected chi connectivity index (χ4v) is 3.42. The maximum Gasteiger partial charge on any atom is 0.264 e. The summed E-state index contributed by atoms with van der Waals surface area (Å²) in [5.74, 6) is 0.134. The van der Waals surface area contributed by atoms with Gasteiger partial charge in [-0.05, 0) is 43.4 Å². The molecular formula is C16H19FN4OS. The molecule has 1 saturated heterocycles. The number of hydrogen-bond acceptors (Lipinski definition) is 5. The summed E-state index contributed by atoms with van der Waals surface area (Å²) in [6.45, 7) is 4.83. The molecule has 1 fully saturated rings. The third-order valence-corrected chi connectivity index (χ3v) is 4.96. The van der Waals surface area contributed by atoms with E-state index < -0.39 is 0 Å². The van der Waals surface area contributed by atoms with E-state index in [0.717, 1.165) is 36.6 Å². The molecule has 0 unspecified atom stereocenters. The summed E-state index contributed by atoms with van der Waals surface area (Å²) in [6, 6.07) is 6.88. The van der Waals surface area contributed by atoms with Crippen LogP contribution in [-0.2, 0) is 6.54 Å². The fraction of sp³-hybridized carbons (Fsp3) is 0.438. The molecule has 1 N–H and O–H groups in total. The van der Waals surface area contributed by atoms with Crippen LogP contribution in [0, 0.1) is 18.7 Å². The maximum absolute atomic E-state index is 13.7. The van der Waals surface area contributed by atoms with Crippen LogP contribution in [0.5, 0.6) is 0 Å². The zero-order chi connectivity index (χ0) is 16.2. The molecule has 0 bridgehead atoms. The van der Waals surface area contributed by atoms with Gasteiger partial charge in [0, 0.05) is 25.2 Å². The number of aromatic nitrogens is 2. The number of amides is 1. The maximum atomic E-state index is 13.7. The molecule has 1 atom stereocenters. The lowest BCUT2D eigenvalue weighted by Crippen LogP contribution is -2.31. The normalized spacial score (nSPS) is 18.3. The molecule has 2 aromatic rings. The van der Waals surface area contributed by atoms with E-state index in [2.05, 4.69) is 19.8 Å². The van der Waals surface area contributed by atoms with Crippen LogP contribution in [0.3, 0.4) is 0 Å². The first-order valence-electron chi connectivity index (χ1n) is 7.66. The first-order valence-corrected chi connectivity index (χ1v) is 8.43. The van der Waals surface area contributed by atoms with Crippen molar-refractivity contribution in [2.75, 3.05) is 19.6 Å². The van der Waals surface area contributed by atoms with E-state index in [1.165, 1.54) is 6.07 Å². The molecule has 5 nitrogen and oxygen atoms in total. The van der Waals surface area contributed by atoms with Gasteiger partial charge in [0.05, 0.1) is 5.69 Å². The Kier molecular flexibility index (Phi) is 4.97. The largest absolute Gasteiger partial charge is 0.351 e. The Balaban J connectivity index is 1.48. The topological polar surface area (TPSA) is 58.1 Å². The van der Waals surface area contributed by atoms with E-state index in [4.69, 9.17) is 0 Å². The number of nitrogens with one attached hydrogen (secondary N) is 1. The summed E-state index contributed by atoms with van der Waals surface area (Å²) < 4.78 is 17.5. The molecule has 1 amide bonds.